The zero-order valence-corrected chi connectivity index (χ0v) is 12.9. The number of nitrogens with zero attached hydrogens (tertiary/aromatic N) is 2. The van der Waals surface area contributed by atoms with Crippen molar-refractivity contribution in [2.75, 3.05) is 5.43 Å². The van der Waals surface area contributed by atoms with Crippen LogP contribution in [0.3, 0.4) is 0 Å². The summed E-state index contributed by atoms with van der Waals surface area (Å²) in [6, 6.07) is 15.7. The maximum atomic E-state index is 13.7. The van der Waals surface area contributed by atoms with E-state index < -0.39 is 5.84 Å². The molecule has 0 amide bonds. The Labute approximate surface area is 137 Å². The smallest absolute Gasteiger partial charge is 0.201 e. The molecule has 2 rings (SSSR count). The molecule has 0 saturated heterocycles. The van der Waals surface area contributed by atoms with Crippen LogP contribution in [0.5, 0.6) is 0 Å². The first-order valence-corrected chi connectivity index (χ1v) is 7.64. The van der Waals surface area contributed by atoms with Crippen molar-refractivity contribution in [3.05, 3.63) is 59.9 Å². The third-order valence-electron chi connectivity index (χ3n) is 2.88. The standard InChI is InChI=1S/C16H14FN5S/c17-12-6-2-1-5-11(12)10-23-15-8-4-3-7-13(15)21-22-14(9-18)16(19)20/h1-8,21H,10H2,(H3,19,20)/b22-14+. The maximum Gasteiger partial charge on any atom is 0.201 e. The summed E-state index contributed by atoms with van der Waals surface area (Å²) in [6.45, 7) is 0. The quantitative estimate of drug-likeness (QED) is 0.328. The molecule has 116 valence electrons. The van der Waals surface area contributed by atoms with Gasteiger partial charge in [0.15, 0.2) is 5.84 Å². The number of para-hydroxylation sites is 1. The van der Waals surface area contributed by atoms with Gasteiger partial charge in [0.2, 0.25) is 5.71 Å². The topological polar surface area (TPSA) is 98.0 Å². The van der Waals surface area contributed by atoms with Crippen LogP contribution in [-0.4, -0.2) is 11.5 Å². The molecule has 0 saturated carbocycles. The van der Waals surface area contributed by atoms with Crippen LogP contribution in [-0.2, 0) is 5.75 Å². The molecule has 2 aromatic rings. The Morgan fingerprint density at radius 2 is 1.96 bits per heavy atom. The molecule has 5 nitrogen and oxygen atoms in total. The Morgan fingerprint density at radius 3 is 2.65 bits per heavy atom. The van der Waals surface area contributed by atoms with Gasteiger partial charge in [-0.25, -0.2) is 4.39 Å². The Hall–Kier alpha value is -2.85. The molecule has 0 aliphatic carbocycles. The van der Waals surface area contributed by atoms with Crippen LogP contribution >= 0.6 is 11.8 Å². The number of nitrogens with one attached hydrogen (secondary N) is 2. The highest BCUT2D eigenvalue weighted by Gasteiger charge is 2.06. The van der Waals surface area contributed by atoms with E-state index in [1.54, 1.807) is 30.3 Å². The molecule has 0 radical (unpaired) electrons. The number of halogens is 1. The first-order valence-electron chi connectivity index (χ1n) is 6.65. The number of hydrazone groups is 1. The molecule has 0 bridgehead atoms. The normalized spacial score (nSPS) is 10.9. The van der Waals surface area contributed by atoms with E-state index in [0.717, 1.165) is 4.90 Å². The van der Waals surface area contributed by atoms with Gasteiger partial charge in [-0.15, -0.1) is 11.8 Å². The molecular weight excluding hydrogens is 313 g/mol. The summed E-state index contributed by atoms with van der Waals surface area (Å²) in [5, 5.41) is 19.9. The first-order chi connectivity index (χ1) is 11.1. The summed E-state index contributed by atoms with van der Waals surface area (Å²) in [4.78, 5) is 0.848. The number of rotatable bonds is 6. The van der Waals surface area contributed by atoms with Crippen LogP contribution in [0, 0.1) is 22.6 Å². The second-order valence-electron chi connectivity index (χ2n) is 4.47. The van der Waals surface area contributed by atoms with Crippen molar-refractivity contribution in [1.82, 2.24) is 0 Å². The Balaban J connectivity index is 2.14. The molecule has 0 aliphatic rings. The van der Waals surface area contributed by atoms with Crippen LogP contribution in [0.1, 0.15) is 5.56 Å². The van der Waals surface area contributed by atoms with Crippen molar-refractivity contribution in [3.8, 4) is 6.07 Å². The molecule has 0 fully saturated rings. The van der Waals surface area contributed by atoms with E-state index in [2.05, 4.69) is 10.5 Å². The van der Waals surface area contributed by atoms with Crippen molar-refractivity contribution >= 4 is 29.0 Å². The average Bonchev–Trinajstić information content (AvgIpc) is 2.55. The van der Waals surface area contributed by atoms with E-state index in [1.807, 2.05) is 18.2 Å². The lowest BCUT2D eigenvalue weighted by Gasteiger charge is -2.09. The van der Waals surface area contributed by atoms with Crippen LogP contribution < -0.4 is 11.2 Å². The SMILES string of the molecule is N#C/C(=N\Nc1ccccc1SCc1ccccc1F)C(=N)N. The number of hydrogen-bond donors (Lipinski definition) is 3. The van der Waals surface area contributed by atoms with E-state index in [0.29, 0.717) is 17.0 Å². The van der Waals surface area contributed by atoms with Crippen molar-refractivity contribution in [2.24, 2.45) is 10.8 Å². The van der Waals surface area contributed by atoms with Crippen LogP contribution in [0.15, 0.2) is 58.5 Å². The zero-order valence-electron chi connectivity index (χ0n) is 12.1. The predicted molar refractivity (Wildman–Crippen MR) is 91.0 cm³/mol. The van der Waals surface area contributed by atoms with Gasteiger partial charge >= 0.3 is 0 Å². The number of benzene rings is 2. The minimum absolute atomic E-state index is 0.195. The Morgan fingerprint density at radius 1 is 1.26 bits per heavy atom. The summed E-state index contributed by atoms with van der Waals surface area (Å²) in [7, 11) is 0. The van der Waals surface area contributed by atoms with Crippen molar-refractivity contribution < 1.29 is 4.39 Å². The maximum absolute atomic E-state index is 13.7. The lowest BCUT2D eigenvalue weighted by atomic mass is 10.2. The van der Waals surface area contributed by atoms with E-state index in [9.17, 15) is 4.39 Å². The van der Waals surface area contributed by atoms with E-state index in [4.69, 9.17) is 16.4 Å². The highest BCUT2D eigenvalue weighted by Crippen LogP contribution is 2.30. The molecule has 0 spiro atoms. The van der Waals surface area contributed by atoms with Gasteiger partial charge in [-0.1, -0.05) is 30.3 Å². The Bertz CT molecular complexity index is 782. The van der Waals surface area contributed by atoms with E-state index in [-0.39, 0.29) is 11.5 Å². The summed E-state index contributed by atoms with van der Waals surface area (Å²) in [6.07, 6.45) is 0. The largest absolute Gasteiger partial charge is 0.382 e. The molecule has 23 heavy (non-hydrogen) atoms. The average molecular weight is 327 g/mol. The zero-order chi connectivity index (χ0) is 16.7. The third-order valence-corrected chi connectivity index (χ3v) is 4.00. The third kappa shape index (κ3) is 4.56. The molecule has 2 aromatic carbocycles. The summed E-state index contributed by atoms with van der Waals surface area (Å²) >= 11 is 1.44. The number of amidine groups is 1. The molecular formula is C16H14FN5S. The van der Waals surface area contributed by atoms with Gasteiger partial charge in [0.05, 0.1) is 5.69 Å². The number of nitriles is 1. The van der Waals surface area contributed by atoms with Gasteiger partial charge in [-0.3, -0.25) is 10.8 Å². The van der Waals surface area contributed by atoms with Gasteiger partial charge < -0.3 is 5.73 Å². The summed E-state index contributed by atoms with van der Waals surface area (Å²) in [5.74, 6) is -0.185. The van der Waals surface area contributed by atoms with Gasteiger partial charge in [-0.2, -0.15) is 10.4 Å². The van der Waals surface area contributed by atoms with Crippen LogP contribution in [0.25, 0.3) is 0 Å². The van der Waals surface area contributed by atoms with Crippen molar-refractivity contribution in [2.45, 2.75) is 10.6 Å². The van der Waals surface area contributed by atoms with E-state index in [1.165, 1.54) is 17.8 Å². The number of thioether (sulfide) groups is 1. The minimum Gasteiger partial charge on any atom is -0.382 e. The predicted octanol–water partition coefficient (Wildman–Crippen LogP) is 3.35. The fourth-order valence-electron chi connectivity index (χ4n) is 1.72. The monoisotopic (exact) mass is 327 g/mol. The second-order valence-corrected chi connectivity index (χ2v) is 5.49. The molecule has 0 aliphatic heterocycles. The Kier molecular flexibility index (Phi) is 5.72. The van der Waals surface area contributed by atoms with Gasteiger partial charge in [-0.05, 0) is 23.8 Å². The number of nitrogens with two attached hydrogens (primary N) is 1. The highest BCUT2D eigenvalue weighted by atomic mass is 32.2. The minimum atomic E-state index is -0.406. The second kappa shape index (κ2) is 7.96. The molecule has 0 atom stereocenters. The molecule has 7 heteroatoms. The van der Waals surface area contributed by atoms with E-state index >= 15 is 0 Å². The lowest BCUT2D eigenvalue weighted by molar-refractivity contribution is 0.617. The van der Waals surface area contributed by atoms with Gasteiger partial charge in [0, 0.05) is 10.6 Å². The molecule has 4 N–H and O–H groups in total. The lowest BCUT2D eigenvalue weighted by Crippen LogP contribution is -2.21. The van der Waals surface area contributed by atoms with Crippen LogP contribution in [0.4, 0.5) is 10.1 Å². The fourth-order valence-corrected chi connectivity index (χ4v) is 2.71. The molecule has 0 unspecified atom stereocenters. The molecule has 0 heterocycles. The fraction of sp³-hybridized carbons (Fsp3) is 0.0625. The summed E-state index contributed by atoms with van der Waals surface area (Å²) in [5.41, 5.74) is 9.04. The highest BCUT2D eigenvalue weighted by molar-refractivity contribution is 7.98. The number of hydrogen-bond acceptors (Lipinski definition) is 5. The van der Waals surface area contributed by atoms with Crippen LogP contribution in [0.2, 0.25) is 0 Å². The van der Waals surface area contributed by atoms with Crippen molar-refractivity contribution in [1.29, 1.82) is 10.7 Å². The number of anilines is 1. The first kappa shape index (κ1) is 16.5. The van der Waals surface area contributed by atoms with Crippen molar-refractivity contribution in [3.63, 3.8) is 0 Å². The van der Waals surface area contributed by atoms with Gasteiger partial charge in [0.25, 0.3) is 0 Å². The molecule has 0 aromatic heterocycles. The summed E-state index contributed by atoms with van der Waals surface area (Å²) < 4.78 is 13.7. The van der Waals surface area contributed by atoms with Gasteiger partial charge in [0.1, 0.15) is 11.9 Å².